The van der Waals surface area contributed by atoms with Gasteiger partial charge in [0, 0.05) is 22.8 Å². The van der Waals surface area contributed by atoms with Crippen LogP contribution in [0.15, 0.2) is 83.8 Å². The average molecular weight is 436 g/mol. The number of aromatic nitrogens is 1. The Kier molecular flexibility index (Phi) is 5.14. The first-order chi connectivity index (χ1) is 14.8. The molecule has 0 saturated carbocycles. The summed E-state index contributed by atoms with van der Waals surface area (Å²) in [5.74, 6) is -0.931. The van der Waals surface area contributed by atoms with Crippen molar-refractivity contribution in [2.75, 3.05) is 5.32 Å². The molecule has 0 spiro atoms. The van der Waals surface area contributed by atoms with Gasteiger partial charge in [-0.25, -0.2) is 13.1 Å². The topological polar surface area (TPSA) is 134 Å². The summed E-state index contributed by atoms with van der Waals surface area (Å²) in [6.45, 7) is 0. The Labute approximate surface area is 176 Å². The number of anilines is 2. The summed E-state index contributed by atoms with van der Waals surface area (Å²) in [7, 11) is -4.10. The van der Waals surface area contributed by atoms with Gasteiger partial charge in [-0.1, -0.05) is 36.4 Å². The molecule has 31 heavy (non-hydrogen) atoms. The van der Waals surface area contributed by atoms with Crippen molar-refractivity contribution in [3.63, 3.8) is 0 Å². The zero-order valence-corrected chi connectivity index (χ0v) is 16.7. The van der Waals surface area contributed by atoms with Gasteiger partial charge >= 0.3 is 0 Å². The number of H-pyrrole nitrogens is 1. The molecule has 1 amide bonds. The minimum atomic E-state index is -4.10. The monoisotopic (exact) mass is 436 g/mol. The van der Waals surface area contributed by atoms with Crippen LogP contribution in [-0.4, -0.2) is 24.2 Å². The number of carbonyl (C=O) groups is 1. The molecule has 0 fully saturated rings. The number of nitro groups is 1. The lowest BCUT2D eigenvalue weighted by Gasteiger charge is -2.07. The summed E-state index contributed by atoms with van der Waals surface area (Å²) >= 11 is 0. The molecule has 3 aromatic carbocycles. The van der Waals surface area contributed by atoms with Gasteiger partial charge in [-0.3, -0.25) is 14.9 Å². The zero-order chi connectivity index (χ0) is 22.0. The highest BCUT2D eigenvalue weighted by Gasteiger charge is 2.23. The van der Waals surface area contributed by atoms with Crippen molar-refractivity contribution in [3.05, 3.63) is 94.7 Å². The van der Waals surface area contributed by atoms with Crippen molar-refractivity contribution >= 4 is 43.9 Å². The largest absolute Gasteiger partial charge is 0.355 e. The summed E-state index contributed by atoms with van der Waals surface area (Å²) in [5.41, 5.74) is 1.01. The molecule has 0 aliphatic rings. The van der Waals surface area contributed by atoms with Crippen LogP contribution in [0.3, 0.4) is 0 Å². The first-order valence-electron chi connectivity index (χ1n) is 9.09. The Morgan fingerprint density at radius 2 is 1.58 bits per heavy atom. The number of carbonyl (C=O) groups excluding carboxylic acids is 1. The van der Waals surface area contributed by atoms with Crippen LogP contribution in [0.1, 0.15) is 10.5 Å². The summed E-state index contributed by atoms with van der Waals surface area (Å²) in [4.78, 5) is 26.1. The van der Waals surface area contributed by atoms with E-state index in [0.717, 1.165) is 5.69 Å². The fraction of sp³-hybridized carbons (Fsp3) is 0. The van der Waals surface area contributed by atoms with E-state index in [0.29, 0.717) is 11.1 Å². The fourth-order valence-corrected chi connectivity index (χ4v) is 4.09. The maximum atomic E-state index is 12.6. The zero-order valence-electron chi connectivity index (χ0n) is 15.9. The Hall–Kier alpha value is -4.18. The molecule has 0 aliphatic carbocycles. The molecule has 0 radical (unpaired) electrons. The standard InChI is InChI=1S/C21H16N4O5S/c26-21(24-31(29,30)15-9-5-2-6-10-15)18-13-16-17(22-14-7-3-1-4-8-14)11-12-19(25(27)28)20(16)23-18/h1-13,22-23H,(H,24,26). The Morgan fingerprint density at radius 1 is 0.935 bits per heavy atom. The number of fused-ring (bicyclic) bond motifs is 1. The van der Waals surface area contributed by atoms with Crippen LogP contribution in [0.25, 0.3) is 10.9 Å². The second kappa shape index (κ2) is 7.92. The third-order valence-electron chi connectivity index (χ3n) is 4.55. The van der Waals surface area contributed by atoms with Crippen molar-refractivity contribution < 1.29 is 18.1 Å². The second-order valence-corrected chi connectivity index (χ2v) is 8.28. The second-order valence-electron chi connectivity index (χ2n) is 6.60. The van der Waals surface area contributed by atoms with E-state index in [9.17, 15) is 23.3 Å². The summed E-state index contributed by atoms with van der Waals surface area (Å²) < 4.78 is 26.9. The quantitative estimate of drug-likeness (QED) is 0.310. The average Bonchev–Trinajstić information content (AvgIpc) is 3.21. The number of sulfonamides is 1. The molecule has 10 heteroatoms. The van der Waals surface area contributed by atoms with E-state index in [4.69, 9.17) is 0 Å². The molecule has 156 valence electrons. The van der Waals surface area contributed by atoms with E-state index in [1.807, 2.05) is 35.1 Å². The smallest absolute Gasteiger partial charge is 0.293 e. The molecular weight excluding hydrogens is 420 g/mol. The molecule has 4 aromatic rings. The lowest BCUT2D eigenvalue weighted by atomic mass is 10.1. The maximum absolute atomic E-state index is 12.6. The van der Waals surface area contributed by atoms with Crippen LogP contribution in [-0.2, 0) is 10.0 Å². The van der Waals surface area contributed by atoms with Gasteiger partial charge in [0.05, 0.1) is 9.82 Å². The first-order valence-corrected chi connectivity index (χ1v) is 10.6. The number of amides is 1. The molecule has 3 N–H and O–H groups in total. The van der Waals surface area contributed by atoms with Gasteiger partial charge < -0.3 is 10.3 Å². The third kappa shape index (κ3) is 4.09. The lowest BCUT2D eigenvalue weighted by molar-refractivity contribution is -0.383. The lowest BCUT2D eigenvalue weighted by Crippen LogP contribution is -2.30. The van der Waals surface area contributed by atoms with Crippen molar-refractivity contribution in [1.29, 1.82) is 0 Å². The number of nitrogens with zero attached hydrogens (tertiary/aromatic N) is 1. The summed E-state index contributed by atoms with van der Waals surface area (Å²) in [6.07, 6.45) is 0. The Morgan fingerprint density at radius 3 is 2.23 bits per heavy atom. The highest BCUT2D eigenvalue weighted by atomic mass is 32.2. The van der Waals surface area contributed by atoms with Crippen molar-refractivity contribution in [1.82, 2.24) is 9.71 Å². The van der Waals surface area contributed by atoms with Gasteiger partial charge in [0.1, 0.15) is 11.2 Å². The van der Waals surface area contributed by atoms with E-state index in [1.54, 1.807) is 6.07 Å². The maximum Gasteiger partial charge on any atom is 0.293 e. The molecule has 0 unspecified atom stereocenters. The molecule has 0 aliphatic heterocycles. The third-order valence-corrected chi connectivity index (χ3v) is 5.89. The Balaban J connectivity index is 1.73. The number of non-ortho nitro benzene ring substituents is 1. The minimum absolute atomic E-state index is 0.0723. The molecule has 0 atom stereocenters. The number of hydrogen-bond donors (Lipinski definition) is 3. The number of rotatable bonds is 6. The van der Waals surface area contributed by atoms with Gasteiger partial charge in [-0.15, -0.1) is 0 Å². The van der Waals surface area contributed by atoms with E-state index < -0.39 is 20.9 Å². The van der Waals surface area contributed by atoms with Gasteiger partial charge in [-0.05, 0) is 36.4 Å². The van der Waals surface area contributed by atoms with Crippen LogP contribution < -0.4 is 10.0 Å². The molecule has 1 aromatic heterocycles. The van der Waals surface area contributed by atoms with E-state index in [-0.39, 0.29) is 21.8 Å². The van der Waals surface area contributed by atoms with E-state index in [2.05, 4.69) is 10.3 Å². The summed E-state index contributed by atoms with van der Waals surface area (Å²) in [6, 6.07) is 20.8. The predicted molar refractivity (Wildman–Crippen MR) is 116 cm³/mol. The van der Waals surface area contributed by atoms with E-state index >= 15 is 0 Å². The number of nitrogens with one attached hydrogen (secondary N) is 3. The number of benzene rings is 3. The highest BCUT2D eigenvalue weighted by Crippen LogP contribution is 2.33. The van der Waals surface area contributed by atoms with E-state index in [1.165, 1.54) is 42.5 Å². The first kappa shape index (κ1) is 20.1. The predicted octanol–water partition coefficient (Wildman–Crippen LogP) is 3.94. The van der Waals surface area contributed by atoms with Gasteiger partial charge in [0.25, 0.3) is 21.6 Å². The van der Waals surface area contributed by atoms with Gasteiger partial charge in [0.2, 0.25) is 0 Å². The Bertz CT molecular complexity index is 1380. The van der Waals surface area contributed by atoms with Crippen LogP contribution >= 0.6 is 0 Å². The minimum Gasteiger partial charge on any atom is -0.355 e. The number of para-hydroxylation sites is 1. The van der Waals surface area contributed by atoms with Crippen molar-refractivity contribution in [3.8, 4) is 0 Å². The highest BCUT2D eigenvalue weighted by molar-refractivity contribution is 7.90. The fourth-order valence-electron chi connectivity index (χ4n) is 3.10. The number of aromatic amines is 1. The number of hydrogen-bond acceptors (Lipinski definition) is 6. The van der Waals surface area contributed by atoms with Crippen LogP contribution in [0.4, 0.5) is 17.1 Å². The van der Waals surface area contributed by atoms with Crippen LogP contribution in [0.5, 0.6) is 0 Å². The van der Waals surface area contributed by atoms with Crippen molar-refractivity contribution in [2.24, 2.45) is 0 Å². The number of nitro benzene ring substituents is 1. The molecular formula is C21H16N4O5S. The van der Waals surface area contributed by atoms with Crippen molar-refractivity contribution in [2.45, 2.75) is 4.90 Å². The molecule has 0 saturated heterocycles. The van der Waals surface area contributed by atoms with Crippen LogP contribution in [0, 0.1) is 10.1 Å². The molecule has 9 nitrogen and oxygen atoms in total. The SMILES string of the molecule is O=C(NS(=O)(=O)c1ccccc1)c1cc2c(Nc3ccccc3)ccc([N+](=O)[O-])c2[nH]1. The molecule has 1 heterocycles. The van der Waals surface area contributed by atoms with Gasteiger partial charge in [-0.2, -0.15) is 0 Å². The molecule has 4 rings (SSSR count). The van der Waals surface area contributed by atoms with Gasteiger partial charge in [0.15, 0.2) is 0 Å². The van der Waals surface area contributed by atoms with Crippen LogP contribution in [0.2, 0.25) is 0 Å². The summed E-state index contributed by atoms with van der Waals surface area (Å²) in [5, 5.41) is 15.0. The normalized spacial score (nSPS) is 11.2. The molecule has 0 bridgehead atoms.